The van der Waals surface area contributed by atoms with Crippen LogP contribution in [0.4, 0.5) is 4.39 Å². The fourth-order valence-electron chi connectivity index (χ4n) is 2.98. The molecule has 78 valence electrons. The molecule has 3 saturated carbocycles. The van der Waals surface area contributed by atoms with Crippen LogP contribution in [-0.2, 0) is 9.53 Å². The van der Waals surface area contributed by atoms with Crippen molar-refractivity contribution in [3.8, 4) is 0 Å². The molecule has 3 fully saturated rings. The van der Waals surface area contributed by atoms with E-state index in [0.717, 1.165) is 5.57 Å². The molecular weight excluding hydrogens is 183 g/mol. The normalized spacial score (nSPS) is 38.0. The van der Waals surface area contributed by atoms with E-state index < -0.39 is 0 Å². The number of ether oxygens (including phenoxy) is 1. The van der Waals surface area contributed by atoms with E-state index in [4.69, 9.17) is 4.74 Å². The van der Waals surface area contributed by atoms with E-state index in [2.05, 4.69) is 0 Å². The smallest absolute Gasteiger partial charge is 0.311 e. The van der Waals surface area contributed by atoms with Crippen LogP contribution in [0.3, 0.4) is 0 Å². The minimum absolute atomic E-state index is 0.0109. The monoisotopic (exact) mass is 198 g/mol. The Labute approximate surface area is 83.1 Å². The van der Waals surface area contributed by atoms with Gasteiger partial charge in [-0.25, -0.2) is 4.39 Å². The number of hydrogen-bond donors (Lipinski definition) is 0. The molecule has 0 amide bonds. The van der Waals surface area contributed by atoms with Gasteiger partial charge >= 0.3 is 5.97 Å². The molecule has 0 aromatic heterocycles. The summed E-state index contributed by atoms with van der Waals surface area (Å²) >= 11 is 0. The summed E-state index contributed by atoms with van der Waals surface area (Å²) in [4.78, 5) is 11.3. The Hall–Kier alpha value is -0.860. The van der Waals surface area contributed by atoms with Crippen LogP contribution < -0.4 is 0 Å². The molecule has 0 aromatic rings. The van der Waals surface area contributed by atoms with Crippen LogP contribution in [-0.4, -0.2) is 13.1 Å². The quantitative estimate of drug-likeness (QED) is 0.637. The van der Waals surface area contributed by atoms with Crippen molar-refractivity contribution in [3.63, 3.8) is 0 Å². The van der Waals surface area contributed by atoms with Crippen molar-refractivity contribution >= 4 is 5.97 Å². The highest BCUT2D eigenvalue weighted by Gasteiger charge is 2.74. The summed E-state index contributed by atoms with van der Waals surface area (Å²) in [6.45, 7) is 3.56. The average molecular weight is 198 g/mol. The number of hydrogen-bond acceptors (Lipinski definition) is 2. The molecule has 3 rings (SSSR count). The first kappa shape index (κ1) is 9.69. The molecule has 3 aliphatic rings. The van der Waals surface area contributed by atoms with Gasteiger partial charge in [0.05, 0.1) is 12.5 Å². The van der Waals surface area contributed by atoms with Gasteiger partial charge in [-0.05, 0) is 38.7 Å². The molecule has 0 aromatic carbocycles. The number of rotatable bonds is 2. The van der Waals surface area contributed by atoms with Crippen LogP contribution in [0, 0.1) is 10.8 Å². The number of esters is 1. The number of allylic oxidation sites excluding steroid dienone is 2. The van der Waals surface area contributed by atoms with Gasteiger partial charge in [-0.15, -0.1) is 0 Å². The van der Waals surface area contributed by atoms with Crippen LogP contribution in [0.1, 0.15) is 33.1 Å². The second-order valence-corrected chi connectivity index (χ2v) is 4.90. The van der Waals surface area contributed by atoms with Crippen LogP contribution in [0.15, 0.2) is 11.4 Å². The van der Waals surface area contributed by atoms with Crippen molar-refractivity contribution in [2.45, 2.75) is 33.1 Å². The third kappa shape index (κ3) is 0.928. The molecule has 3 heteroatoms. The Balaban J connectivity index is 2.08. The first-order valence-corrected chi connectivity index (χ1v) is 4.88. The molecule has 0 heterocycles. The molecule has 0 saturated heterocycles. The van der Waals surface area contributed by atoms with Crippen molar-refractivity contribution in [2.24, 2.45) is 10.8 Å². The molecule has 2 bridgehead atoms. The van der Waals surface area contributed by atoms with Crippen LogP contribution in [0.2, 0.25) is 0 Å². The summed E-state index contributed by atoms with van der Waals surface area (Å²) in [5.41, 5.74) is 0.109. The predicted molar refractivity (Wildman–Crippen MR) is 50.2 cm³/mol. The van der Waals surface area contributed by atoms with Crippen LogP contribution >= 0.6 is 0 Å². The van der Waals surface area contributed by atoms with Crippen LogP contribution in [0.5, 0.6) is 0 Å². The van der Waals surface area contributed by atoms with E-state index in [1.54, 1.807) is 13.8 Å². The Morgan fingerprint density at radius 1 is 1.21 bits per heavy atom. The number of methoxy groups -OCH3 is 1. The third-order valence-electron chi connectivity index (χ3n) is 3.55. The van der Waals surface area contributed by atoms with Crippen molar-refractivity contribution in [1.29, 1.82) is 0 Å². The number of carbonyl (C=O) groups excluding carboxylic acids is 1. The Morgan fingerprint density at radius 2 is 1.71 bits per heavy atom. The highest BCUT2D eigenvalue weighted by atomic mass is 19.1. The zero-order valence-electron chi connectivity index (χ0n) is 8.82. The number of carbonyl (C=O) groups is 1. The molecule has 0 atom stereocenters. The molecule has 0 spiro atoms. The fraction of sp³-hybridized carbons (Fsp3) is 0.727. The topological polar surface area (TPSA) is 26.3 Å². The van der Waals surface area contributed by atoms with Gasteiger partial charge in [-0.3, -0.25) is 4.79 Å². The van der Waals surface area contributed by atoms with Crippen molar-refractivity contribution in [1.82, 2.24) is 0 Å². The highest BCUT2D eigenvalue weighted by molar-refractivity contribution is 5.81. The maximum absolute atomic E-state index is 13.7. The van der Waals surface area contributed by atoms with Crippen molar-refractivity contribution in [3.05, 3.63) is 11.4 Å². The summed E-state index contributed by atoms with van der Waals surface area (Å²) in [5.74, 6) is -0.177. The maximum Gasteiger partial charge on any atom is 0.311 e. The lowest BCUT2D eigenvalue weighted by Gasteiger charge is -2.67. The summed E-state index contributed by atoms with van der Waals surface area (Å²) in [5, 5.41) is 0. The van der Waals surface area contributed by atoms with Gasteiger partial charge in [0.1, 0.15) is 5.83 Å². The van der Waals surface area contributed by atoms with Gasteiger partial charge in [0.25, 0.3) is 0 Å². The molecule has 0 N–H and O–H groups in total. The second-order valence-electron chi connectivity index (χ2n) is 4.90. The SMILES string of the molecule is COC(=O)C12CC(C(F)=C(C)C)(C1)C2. The minimum Gasteiger partial charge on any atom is -0.469 e. The Kier molecular flexibility index (Phi) is 1.79. The van der Waals surface area contributed by atoms with Gasteiger partial charge in [0.15, 0.2) is 0 Å². The van der Waals surface area contributed by atoms with Gasteiger partial charge in [-0.1, -0.05) is 0 Å². The average Bonchev–Trinajstić information content (AvgIpc) is 1.98. The summed E-state index contributed by atoms with van der Waals surface area (Å²) in [6, 6.07) is 0. The van der Waals surface area contributed by atoms with E-state index in [-0.39, 0.29) is 22.6 Å². The predicted octanol–water partition coefficient (Wildman–Crippen LogP) is 2.59. The van der Waals surface area contributed by atoms with Crippen LogP contribution in [0.25, 0.3) is 0 Å². The first-order valence-electron chi connectivity index (χ1n) is 4.88. The lowest BCUT2D eigenvalue weighted by Crippen LogP contribution is -2.66. The molecule has 2 nitrogen and oxygen atoms in total. The van der Waals surface area contributed by atoms with Gasteiger partial charge < -0.3 is 4.74 Å². The molecule has 3 aliphatic carbocycles. The summed E-state index contributed by atoms with van der Waals surface area (Å²) in [7, 11) is 1.40. The zero-order valence-corrected chi connectivity index (χ0v) is 8.82. The Bertz CT molecular complexity index is 306. The van der Waals surface area contributed by atoms with Crippen molar-refractivity contribution < 1.29 is 13.9 Å². The van der Waals surface area contributed by atoms with Crippen molar-refractivity contribution in [2.75, 3.05) is 7.11 Å². The van der Waals surface area contributed by atoms with Gasteiger partial charge in [0, 0.05) is 5.41 Å². The highest BCUT2D eigenvalue weighted by Crippen LogP contribution is 2.77. The Morgan fingerprint density at radius 3 is 2.07 bits per heavy atom. The molecular formula is C11H15FO2. The molecule has 14 heavy (non-hydrogen) atoms. The summed E-state index contributed by atoms with van der Waals surface area (Å²) < 4.78 is 18.4. The summed E-state index contributed by atoms with van der Waals surface area (Å²) in [6.07, 6.45) is 1.93. The maximum atomic E-state index is 13.7. The molecule has 0 radical (unpaired) electrons. The van der Waals surface area contributed by atoms with E-state index in [1.807, 2.05) is 0 Å². The van der Waals surface area contributed by atoms with Gasteiger partial charge in [0.2, 0.25) is 0 Å². The largest absolute Gasteiger partial charge is 0.469 e. The third-order valence-corrected chi connectivity index (χ3v) is 3.55. The lowest BCUT2D eigenvalue weighted by atomic mass is 9.34. The standard InChI is InChI=1S/C11H15FO2/c1-7(2)8(12)10-4-11(5-10,6-10)9(13)14-3/h4-6H2,1-3H3. The number of halogens is 1. The van der Waals surface area contributed by atoms with Gasteiger partial charge in [-0.2, -0.15) is 0 Å². The fourth-order valence-corrected chi connectivity index (χ4v) is 2.98. The molecule has 0 aliphatic heterocycles. The zero-order chi connectivity index (χ0) is 10.6. The van der Waals surface area contributed by atoms with E-state index >= 15 is 0 Å². The second kappa shape index (κ2) is 2.59. The first-order chi connectivity index (χ1) is 6.46. The lowest BCUT2D eigenvalue weighted by molar-refractivity contribution is -0.217. The minimum atomic E-state index is -0.332. The van der Waals surface area contributed by atoms with E-state index in [0.29, 0.717) is 19.3 Å². The van der Waals surface area contributed by atoms with E-state index in [9.17, 15) is 9.18 Å². The van der Waals surface area contributed by atoms with E-state index in [1.165, 1.54) is 7.11 Å². The molecule has 0 unspecified atom stereocenters.